The molecule has 0 radical (unpaired) electrons. The Morgan fingerprint density at radius 2 is 1.94 bits per heavy atom. The van der Waals surface area contributed by atoms with Crippen LogP contribution >= 0.6 is 23.8 Å². The molecule has 0 aliphatic carbocycles. The molecule has 2 aromatic rings. The van der Waals surface area contributed by atoms with Gasteiger partial charge in [-0.3, -0.25) is 10.2 Å². The molecule has 17 heavy (non-hydrogen) atoms. The van der Waals surface area contributed by atoms with Crippen LogP contribution in [0.2, 0.25) is 5.02 Å². The highest BCUT2D eigenvalue weighted by atomic mass is 35.5. The van der Waals surface area contributed by atoms with Crippen molar-refractivity contribution in [2.24, 2.45) is 0 Å². The van der Waals surface area contributed by atoms with E-state index in [0.29, 0.717) is 17.2 Å². The smallest absolute Gasteiger partial charge is 0.213 e. The van der Waals surface area contributed by atoms with Crippen molar-refractivity contribution >= 4 is 23.8 Å². The van der Waals surface area contributed by atoms with Crippen molar-refractivity contribution in [2.75, 3.05) is 0 Å². The summed E-state index contributed by atoms with van der Waals surface area (Å²) in [4.78, 5) is 4.04. The largest absolute Gasteiger partial charge is 0.486 e. The zero-order chi connectivity index (χ0) is 12.4. The molecule has 0 bridgehead atoms. The molecule has 90 valence electrons. The van der Waals surface area contributed by atoms with Crippen molar-refractivity contribution in [3.05, 3.63) is 38.9 Å². The molecule has 1 aromatic heterocycles. The fourth-order valence-electron chi connectivity index (χ4n) is 1.51. The Kier molecular flexibility index (Phi) is 3.49. The SMILES string of the molecule is Cc1cc(OCc2nc(=S)[nH][nH]2)cc(C)c1Cl. The molecule has 1 aromatic carbocycles. The van der Waals surface area contributed by atoms with E-state index >= 15 is 0 Å². The van der Waals surface area contributed by atoms with E-state index in [-0.39, 0.29) is 0 Å². The fraction of sp³-hybridized carbons (Fsp3) is 0.273. The van der Waals surface area contributed by atoms with Crippen molar-refractivity contribution in [1.29, 1.82) is 0 Å². The highest BCUT2D eigenvalue weighted by Gasteiger charge is 2.04. The lowest BCUT2D eigenvalue weighted by atomic mass is 10.1. The molecule has 0 saturated heterocycles. The van der Waals surface area contributed by atoms with Crippen LogP contribution in [-0.2, 0) is 6.61 Å². The molecule has 1 heterocycles. The Morgan fingerprint density at radius 3 is 2.47 bits per heavy atom. The van der Waals surface area contributed by atoms with Crippen molar-refractivity contribution in [3.8, 4) is 5.75 Å². The van der Waals surface area contributed by atoms with Gasteiger partial charge in [0, 0.05) is 5.02 Å². The summed E-state index contributed by atoms with van der Waals surface area (Å²) in [5, 5.41) is 6.31. The van der Waals surface area contributed by atoms with E-state index in [1.807, 2.05) is 26.0 Å². The first-order valence-corrected chi connectivity index (χ1v) is 5.88. The third kappa shape index (κ3) is 2.87. The number of halogens is 1. The van der Waals surface area contributed by atoms with E-state index in [9.17, 15) is 0 Å². The molecule has 0 saturated carbocycles. The van der Waals surface area contributed by atoms with Gasteiger partial charge in [-0.25, -0.2) is 4.98 Å². The van der Waals surface area contributed by atoms with Gasteiger partial charge in [-0.2, -0.15) is 0 Å². The van der Waals surface area contributed by atoms with E-state index in [4.69, 9.17) is 28.6 Å². The second-order valence-corrected chi connectivity index (χ2v) is 4.54. The first-order chi connectivity index (χ1) is 8.06. The van der Waals surface area contributed by atoms with E-state index in [2.05, 4.69) is 15.2 Å². The van der Waals surface area contributed by atoms with Gasteiger partial charge in [0.25, 0.3) is 0 Å². The van der Waals surface area contributed by atoms with Crippen molar-refractivity contribution < 1.29 is 4.74 Å². The number of nitrogens with zero attached hydrogens (tertiary/aromatic N) is 1. The second-order valence-electron chi connectivity index (χ2n) is 3.77. The van der Waals surface area contributed by atoms with Gasteiger partial charge in [0.2, 0.25) is 4.77 Å². The van der Waals surface area contributed by atoms with Crippen LogP contribution < -0.4 is 4.74 Å². The zero-order valence-electron chi connectivity index (χ0n) is 9.50. The van der Waals surface area contributed by atoms with Crippen molar-refractivity contribution in [1.82, 2.24) is 15.2 Å². The van der Waals surface area contributed by atoms with Gasteiger partial charge in [0.05, 0.1) is 0 Å². The number of aromatic amines is 2. The van der Waals surface area contributed by atoms with Crippen LogP contribution in [0.15, 0.2) is 12.1 Å². The lowest BCUT2D eigenvalue weighted by Gasteiger charge is -2.08. The zero-order valence-corrected chi connectivity index (χ0v) is 11.1. The number of aryl methyl sites for hydroxylation is 2. The van der Waals surface area contributed by atoms with E-state index < -0.39 is 0 Å². The highest BCUT2D eigenvalue weighted by Crippen LogP contribution is 2.26. The molecule has 0 unspecified atom stereocenters. The molecular formula is C11H12ClN3OS. The first-order valence-electron chi connectivity index (χ1n) is 5.09. The summed E-state index contributed by atoms with van der Waals surface area (Å²) in [6, 6.07) is 3.80. The van der Waals surface area contributed by atoms with Crippen molar-refractivity contribution in [2.45, 2.75) is 20.5 Å². The van der Waals surface area contributed by atoms with Crippen LogP contribution in [-0.4, -0.2) is 15.2 Å². The van der Waals surface area contributed by atoms with Crippen molar-refractivity contribution in [3.63, 3.8) is 0 Å². The van der Waals surface area contributed by atoms with E-state index in [1.54, 1.807) is 0 Å². The molecule has 0 spiro atoms. The molecule has 0 aliphatic rings. The van der Waals surface area contributed by atoms with Gasteiger partial charge in [-0.15, -0.1) is 0 Å². The summed E-state index contributed by atoms with van der Waals surface area (Å²) in [5.74, 6) is 1.44. The van der Waals surface area contributed by atoms with Crippen LogP contribution in [0.3, 0.4) is 0 Å². The number of benzene rings is 1. The normalized spacial score (nSPS) is 10.5. The molecule has 6 heteroatoms. The van der Waals surface area contributed by atoms with Gasteiger partial charge in [-0.1, -0.05) is 11.6 Å². The Morgan fingerprint density at radius 1 is 1.29 bits per heavy atom. The van der Waals surface area contributed by atoms with Crippen LogP contribution in [0.25, 0.3) is 0 Å². The maximum Gasteiger partial charge on any atom is 0.213 e. The molecule has 0 amide bonds. The van der Waals surface area contributed by atoms with Crippen LogP contribution in [0, 0.1) is 18.6 Å². The standard InChI is InChI=1S/C11H12ClN3OS/c1-6-3-8(4-7(2)10(6)12)16-5-9-13-11(17)15-14-9/h3-4H,5H2,1-2H3,(H2,13,14,15,17). The molecule has 2 N–H and O–H groups in total. The lowest BCUT2D eigenvalue weighted by Crippen LogP contribution is -1.98. The Balaban J connectivity index is 2.12. The number of hydrogen-bond acceptors (Lipinski definition) is 3. The molecule has 4 nitrogen and oxygen atoms in total. The average Bonchev–Trinajstić information content (AvgIpc) is 2.69. The first kappa shape index (κ1) is 12.1. The summed E-state index contributed by atoms with van der Waals surface area (Å²) in [5.41, 5.74) is 1.99. The third-order valence-electron chi connectivity index (χ3n) is 2.34. The predicted octanol–water partition coefficient (Wildman–Crippen LogP) is 3.32. The van der Waals surface area contributed by atoms with Gasteiger partial charge in [-0.05, 0) is 49.3 Å². The van der Waals surface area contributed by atoms with Crippen LogP contribution in [0.4, 0.5) is 0 Å². The summed E-state index contributed by atoms with van der Waals surface area (Å²) in [6.45, 7) is 4.24. The van der Waals surface area contributed by atoms with Gasteiger partial charge in [0.15, 0.2) is 5.82 Å². The molecule has 2 rings (SSSR count). The average molecular weight is 270 g/mol. The van der Waals surface area contributed by atoms with Crippen LogP contribution in [0.5, 0.6) is 5.75 Å². The van der Waals surface area contributed by atoms with E-state index in [1.165, 1.54) is 0 Å². The number of nitrogens with one attached hydrogen (secondary N) is 2. The minimum absolute atomic E-state index is 0.341. The van der Waals surface area contributed by atoms with Gasteiger partial charge < -0.3 is 4.74 Å². The van der Waals surface area contributed by atoms with E-state index in [0.717, 1.165) is 21.9 Å². The number of rotatable bonds is 3. The maximum absolute atomic E-state index is 6.08. The predicted molar refractivity (Wildman–Crippen MR) is 69.0 cm³/mol. The Labute approximate surface area is 109 Å². The van der Waals surface area contributed by atoms with Gasteiger partial charge >= 0.3 is 0 Å². The Hall–Kier alpha value is -1.33. The molecule has 0 fully saturated rings. The lowest BCUT2D eigenvalue weighted by molar-refractivity contribution is 0.296. The summed E-state index contributed by atoms with van der Waals surface area (Å²) < 4.78 is 6.03. The quantitative estimate of drug-likeness (QED) is 0.841. The number of aromatic nitrogens is 3. The Bertz CT molecular complexity index is 567. The minimum atomic E-state index is 0.341. The molecule has 0 atom stereocenters. The summed E-state index contributed by atoms with van der Waals surface area (Å²) in [7, 11) is 0. The number of ether oxygens (including phenoxy) is 1. The fourth-order valence-corrected chi connectivity index (χ4v) is 1.78. The van der Waals surface area contributed by atoms with Crippen LogP contribution in [0.1, 0.15) is 17.0 Å². The summed E-state index contributed by atoms with van der Waals surface area (Å²) >= 11 is 10.9. The second kappa shape index (κ2) is 4.89. The monoisotopic (exact) mass is 269 g/mol. The highest BCUT2D eigenvalue weighted by molar-refractivity contribution is 7.71. The number of hydrogen-bond donors (Lipinski definition) is 2. The topological polar surface area (TPSA) is 53.7 Å². The molecule has 0 aliphatic heterocycles. The number of H-pyrrole nitrogens is 2. The maximum atomic E-state index is 6.08. The summed E-state index contributed by atoms with van der Waals surface area (Å²) in [6.07, 6.45) is 0. The minimum Gasteiger partial charge on any atom is -0.486 e. The van der Waals surface area contributed by atoms with Gasteiger partial charge in [0.1, 0.15) is 12.4 Å². The molecular weight excluding hydrogens is 258 g/mol. The third-order valence-corrected chi connectivity index (χ3v) is 3.13.